The van der Waals surface area contributed by atoms with E-state index in [0.29, 0.717) is 23.3 Å². The molecule has 4 nitrogen and oxygen atoms in total. The van der Waals surface area contributed by atoms with Gasteiger partial charge in [-0.2, -0.15) is 5.26 Å². The summed E-state index contributed by atoms with van der Waals surface area (Å²) in [5, 5.41) is 10.9. The van der Waals surface area contributed by atoms with Gasteiger partial charge in [-0.15, -0.1) is 0 Å². The minimum absolute atomic E-state index is 0.0392. The Morgan fingerprint density at radius 3 is 2.80 bits per heavy atom. The van der Waals surface area contributed by atoms with Gasteiger partial charge in [-0.25, -0.2) is 0 Å². The molecule has 0 bridgehead atoms. The smallest absolute Gasteiger partial charge is 0.265 e. The molecule has 2 fully saturated rings. The van der Waals surface area contributed by atoms with Crippen LogP contribution in [0.5, 0.6) is 0 Å². The van der Waals surface area contributed by atoms with Crippen LogP contribution in [0.1, 0.15) is 37.2 Å². The Balaban J connectivity index is 1.88. The summed E-state index contributed by atoms with van der Waals surface area (Å²) in [7, 11) is 1.73. The minimum atomic E-state index is -0.0392. The summed E-state index contributed by atoms with van der Waals surface area (Å²) in [6, 6.07) is 1.90. The number of thioether (sulfide) groups is 1. The number of rotatable bonds is 5. The van der Waals surface area contributed by atoms with Gasteiger partial charge in [-0.1, -0.05) is 0 Å². The van der Waals surface area contributed by atoms with Crippen molar-refractivity contribution in [1.29, 1.82) is 5.26 Å². The Morgan fingerprint density at radius 2 is 2.25 bits per heavy atom. The number of hydrogen-bond acceptors (Lipinski definition) is 4. The molecule has 0 spiro atoms. The highest BCUT2D eigenvalue weighted by molar-refractivity contribution is 8.03. The zero-order valence-corrected chi connectivity index (χ0v) is 12.4. The van der Waals surface area contributed by atoms with E-state index in [2.05, 4.69) is 0 Å². The monoisotopic (exact) mass is 290 g/mol. The number of pyridine rings is 1. The van der Waals surface area contributed by atoms with Crippen molar-refractivity contribution in [3.05, 3.63) is 28.2 Å². The fourth-order valence-corrected chi connectivity index (χ4v) is 3.34. The molecule has 0 amide bonds. The largest absolute Gasteiger partial charge is 0.381 e. The molecule has 2 saturated carbocycles. The van der Waals surface area contributed by atoms with E-state index in [0.717, 1.165) is 24.6 Å². The Kier molecular flexibility index (Phi) is 3.86. The molecule has 0 saturated heterocycles. The highest BCUT2D eigenvalue weighted by Crippen LogP contribution is 2.40. The second kappa shape index (κ2) is 5.63. The lowest BCUT2D eigenvalue weighted by Crippen LogP contribution is -2.38. The van der Waals surface area contributed by atoms with E-state index in [9.17, 15) is 4.79 Å². The van der Waals surface area contributed by atoms with Crippen LogP contribution in [0.2, 0.25) is 0 Å². The second-order valence-corrected chi connectivity index (χ2v) is 6.50. The number of thiocyanates is 1. The van der Waals surface area contributed by atoms with Crippen molar-refractivity contribution in [1.82, 2.24) is 4.57 Å². The first-order chi connectivity index (χ1) is 9.72. The van der Waals surface area contributed by atoms with Crippen LogP contribution in [-0.4, -0.2) is 17.8 Å². The van der Waals surface area contributed by atoms with Gasteiger partial charge in [0.25, 0.3) is 5.56 Å². The Morgan fingerprint density at radius 1 is 1.45 bits per heavy atom. The number of ether oxygens (including phenoxy) is 1. The fourth-order valence-electron chi connectivity index (χ4n) is 2.84. The third-order valence-corrected chi connectivity index (χ3v) is 4.96. The predicted molar refractivity (Wildman–Crippen MR) is 77.7 cm³/mol. The number of methoxy groups -OCH3 is 1. The molecule has 2 aliphatic rings. The van der Waals surface area contributed by atoms with Gasteiger partial charge in [-0.3, -0.25) is 4.79 Å². The third-order valence-electron chi connectivity index (χ3n) is 4.36. The average molecular weight is 290 g/mol. The summed E-state index contributed by atoms with van der Waals surface area (Å²) in [4.78, 5) is 12.9. The first-order valence-corrected chi connectivity index (χ1v) is 7.87. The van der Waals surface area contributed by atoms with Crippen LogP contribution in [0, 0.1) is 16.6 Å². The van der Waals surface area contributed by atoms with Crippen LogP contribution in [0.15, 0.2) is 22.0 Å². The molecule has 1 aromatic rings. The van der Waals surface area contributed by atoms with Gasteiger partial charge in [0, 0.05) is 25.8 Å². The summed E-state index contributed by atoms with van der Waals surface area (Å²) in [5.74, 6) is 1.01. The molecule has 0 radical (unpaired) electrons. The van der Waals surface area contributed by atoms with Crippen molar-refractivity contribution in [2.75, 3.05) is 7.11 Å². The Labute approximate surface area is 122 Å². The molecule has 1 heterocycles. The number of nitrogens with zero attached hydrogens (tertiary/aromatic N) is 2. The maximum absolute atomic E-state index is 12.4. The molecule has 106 valence electrons. The molecular formula is C15H18N2O2S. The molecule has 20 heavy (non-hydrogen) atoms. The standard InChI is InChI=1S/C15H18N2O2S/c1-19-13-5-4-11(13)7-17-8-12(10-2-3-10)6-14(15(17)18)20-9-16/h6,8,10-11,13H,2-5,7H2,1H3/t11?,13-/m0/s1. The lowest BCUT2D eigenvalue weighted by Gasteiger charge is -2.35. The van der Waals surface area contributed by atoms with E-state index in [1.165, 1.54) is 18.4 Å². The van der Waals surface area contributed by atoms with Gasteiger partial charge in [0.15, 0.2) is 0 Å². The van der Waals surface area contributed by atoms with Crippen molar-refractivity contribution in [2.24, 2.45) is 5.92 Å². The molecule has 1 aromatic heterocycles. The SMILES string of the molecule is CO[C@H]1CCC1Cn1cc(C2CC2)cc(SC#N)c1=O. The molecule has 0 aromatic carbocycles. The van der Waals surface area contributed by atoms with Crippen LogP contribution in [0.4, 0.5) is 0 Å². The third kappa shape index (κ3) is 2.63. The molecular weight excluding hydrogens is 272 g/mol. The molecule has 0 aliphatic heterocycles. The number of nitriles is 1. The summed E-state index contributed by atoms with van der Waals surface area (Å²) >= 11 is 0.976. The van der Waals surface area contributed by atoms with E-state index in [1.807, 2.05) is 17.7 Å². The molecule has 3 rings (SSSR count). The predicted octanol–water partition coefficient (Wildman–Crippen LogP) is 2.72. The van der Waals surface area contributed by atoms with Crippen LogP contribution >= 0.6 is 11.8 Å². The molecule has 2 aliphatic carbocycles. The maximum Gasteiger partial charge on any atom is 0.265 e. The molecule has 1 unspecified atom stereocenters. The van der Waals surface area contributed by atoms with Crippen molar-refractivity contribution in [2.45, 2.75) is 49.1 Å². The molecule has 5 heteroatoms. The van der Waals surface area contributed by atoms with Crippen LogP contribution in [0.3, 0.4) is 0 Å². The second-order valence-electron chi connectivity index (χ2n) is 5.67. The highest BCUT2D eigenvalue weighted by Gasteiger charge is 2.32. The van der Waals surface area contributed by atoms with Gasteiger partial charge < -0.3 is 9.30 Å². The minimum Gasteiger partial charge on any atom is -0.381 e. The average Bonchev–Trinajstić information content (AvgIpc) is 3.23. The highest BCUT2D eigenvalue weighted by atomic mass is 32.2. The van der Waals surface area contributed by atoms with E-state index in [4.69, 9.17) is 10.00 Å². The van der Waals surface area contributed by atoms with Crippen molar-refractivity contribution >= 4 is 11.8 Å². The van der Waals surface area contributed by atoms with Crippen LogP contribution in [0.25, 0.3) is 0 Å². The first kappa shape index (κ1) is 13.7. The summed E-state index contributed by atoms with van der Waals surface area (Å²) in [6.07, 6.45) is 6.85. The lowest BCUT2D eigenvalue weighted by atomic mass is 9.81. The summed E-state index contributed by atoms with van der Waals surface area (Å²) in [6.45, 7) is 0.705. The van der Waals surface area contributed by atoms with Crippen LogP contribution < -0.4 is 5.56 Å². The van der Waals surface area contributed by atoms with Gasteiger partial charge in [-0.05, 0) is 55.0 Å². The fraction of sp³-hybridized carbons (Fsp3) is 0.600. The van der Waals surface area contributed by atoms with Crippen LogP contribution in [-0.2, 0) is 11.3 Å². The first-order valence-electron chi connectivity index (χ1n) is 7.06. The quantitative estimate of drug-likeness (QED) is 0.618. The molecule has 2 atom stereocenters. The maximum atomic E-state index is 12.4. The lowest BCUT2D eigenvalue weighted by molar-refractivity contribution is -0.0237. The van der Waals surface area contributed by atoms with Crippen molar-refractivity contribution < 1.29 is 4.74 Å². The van der Waals surface area contributed by atoms with E-state index in [1.54, 1.807) is 11.7 Å². The van der Waals surface area contributed by atoms with Gasteiger partial charge in [0.1, 0.15) is 5.40 Å². The van der Waals surface area contributed by atoms with Gasteiger partial charge >= 0.3 is 0 Å². The van der Waals surface area contributed by atoms with Crippen molar-refractivity contribution in [3.8, 4) is 5.40 Å². The van der Waals surface area contributed by atoms with Crippen molar-refractivity contribution in [3.63, 3.8) is 0 Å². The topological polar surface area (TPSA) is 55.0 Å². The number of hydrogen-bond donors (Lipinski definition) is 0. The van der Waals surface area contributed by atoms with E-state index < -0.39 is 0 Å². The summed E-state index contributed by atoms with van der Waals surface area (Å²) < 4.78 is 7.20. The normalized spacial score (nSPS) is 25.0. The zero-order valence-electron chi connectivity index (χ0n) is 11.5. The van der Waals surface area contributed by atoms with Gasteiger partial charge in [0.05, 0.1) is 11.0 Å². The Bertz CT molecular complexity index is 599. The zero-order chi connectivity index (χ0) is 14.1. The summed E-state index contributed by atoms with van der Waals surface area (Å²) in [5.41, 5.74) is 1.17. The van der Waals surface area contributed by atoms with E-state index in [-0.39, 0.29) is 11.7 Å². The number of aromatic nitrogens is 1. The molecule has 0 N–H and O–H groups in total. The van der Waals surface area contributed by atoms with Gasteiger partial charge in [0.2, 0.25) is 0 Å². The van der Waals surface area contributed by atoms with E-state index >= 15 is 0 Å². The Hall–Kier alpha value is -1.25.